The normalized spacial score (nSPS) is 18.9. The van der Waals surface area contributed by atoms with E-state index < -0.39 is 21.5 Å². The lowest BCUT2D eigenvalue weighted by atomic mass is 9.75. The molecule has 0 spiro atoms. The van der Waals surface area contributed by atoms with Crippen LogP contribution in [-0.2, 0) is 46.0 Å². The summed E-state index contributed by atoms with van der Waals surface area (Å²) in [5, 5.41) is 7.73. The third-order valence-corrected chi connectivity index (χ3v) is 11.9. The lowest BCUT2D eigenvalue weighted by molar-refractivity contribution is 0.0165. The van der Waals surface area contributed by atoms with Crippen molar-refractivity contribution in [2.75, 3.05) is 19.0 Å². The van der Waals surface area contributed by atoms with Gasteiger partial charge in [-0.05, 0) is 70.5 Å². The van der Waals surface area contributed by atoms with Gasteiger partial charge in [-0.25, -0.2) is 18.4 Å². The number of carbonyl (C=O) groups is 1. The van der Waals surface area contributed by atoms with Crippen molar-refractivity contribution >= 4 is 21.6 Å². The maximum Gasteiger partial charge on any atom is 0.331 e. The van der Waals surface area contributed by atoms with Gasteiger partial charge >= 0.3 is 6.03 Å². The summed E-state index contributed by atoms with van der Waals surface area (Å²) >= 11 is 0. The van der Waals surface area contributed by atoms with Gasteiger partial charge in [0, 0.05) is 12.8 Å². The van der Waals surface area contributed by atoms with Gasteiger partial charge < -0.3 is 14.8 Å². The first-order valence-corrected chi connectivity index (χ1v) is 18.3. The Bertz CT molecular complexity index is 2040. The minimum Gasteiger partial charge on any atom is -0.474 e. The summed E-state index contributed by atoms with van der Waals surface area (Å²) in [6, 6.07) is 31.1. The zero-order valence-electron chi connectivity index (χ0n) is 27.6. The van der Waals surface area contributed by atoms with Crippen LogP contribution < -0.4 is 14.8 Å². The monoisotopic (exact) mass is 673 g/mol. The minimum absolute atomic E-state index is 0.198. The zero-order valence-corrected chi connectivity index (χ0v) is 28.4. The van der Waals surface area contributed by atoms with E-state index in [9.17, 15) is 4.79 Å². The summed E-state index contributed by atoms with van der Waals surface area (Å²) in [6.07, 6.45) is 5.21. The minimum atomic E-state index is -3.83. The molecule has 9 nitrogen and oxygen atoms in total. The SMILES string of the molecule is CO[C@@H]1COc2c(S(=O)(=NC(c3ccccc3)(c3ccccc3)c3ccccc3)NC(=O)Nc3c4c(cc5c3[C@H](C)C5)CCC4)cnn2C1. The van der Waals surface area contributed by atoms with Gasteiger partial charge in [0.15, 0.2) is 9.92 Å². The molecule has 2 amide bonds. The molecule has 0 radical (unpaired) electrons. The van der Waals surface area contributed by atoms with E-state index in [1.54, 1.807) is 11.8 Å². The average molecular weight is 674 g/mol. The van der Waals surface area contributed by atoms with Crippen molar-refractivity contribution in [2.45, 2.75) is 61.6 Å². The second kappa shape index (κ2) is 12.5. The molecule has 0 bridgehead atoms. The maximum absolute atomic E-state index is 16.0. The molecule has 2 heterocycles. The van der Waals surface area contributed by atoms with Gasteiger partial charge in [0.2, 0.25) is 5.88 Å². The van der Waals surface area contributed by atoms with E-state index in [4.69, 9.17) is 13.8 Å². The number of nitrogens with one attached hydrogen (secondary N) is 2. The molecular formula is C39H39N5O4S. The number of aryl methyl sites for hydroxylation is 1. The number of rotatable bonds is 8. The van der Waals surface area contributed by atoms with Crippen molar-refractivity contribution in [2.24, 2.45) is 4.36 Å². The molecule has 4 aromatic carbocycles. The highest BCUT2D eigenvalue weighted by Gasteiger charge is 2.41. The maximum atomic E-state index is 16.0. The lowest BCUT2D eigenvalue weighted by Crippen LogP contribution is -2.39. The van der Waals surface area contributed by atoms with Gasteiger partial charge in [0.1, 0.15) is 23.1 Å². The molecule has 49 heavy (non-hydrogen) atoms. The molecule has 0 saturated heterocycles. The first-order chi connectivity index (χ1) is 23.9. The number of benzene rings is 4. The van der Waals surface area contributed by atoms with Crippen molar-refractivity contribution < 1.29 is 18.5 Å². The van der Waals surface area contributed by atoms with Crippen LogP contribution in [0.2, 0.25) is 0 Å². The summed E-state index contributed by atoms with van der Waals surface area (Å²) in [5.41, 5.74) is 6.83. The third-order valence-electron chi connectivity index (χ3n) is 10.0. The fourth-order valence-corrected chi connectivity index (χ4v) is 9.51. The third kappa shape index (κ3) is 5.39. The predicted molar refractivity (Wildman–Crippen MR) is 189 cm³/mol. The fourth-order valence-electron chi connectivity index (χ4n) is 7.66. The number of carbonyl (C=O) groups excluding carboxylic acids is 1. The first-order valence-electron chi connectivity index (χ1n) is 16.8. The van der Waals surface area contributed by atoms with Crippen LogP contribution in [0.1, 0.15) is 58.2 Å². The zero-order chi connectivity index (χ0) is 33.6. The van der Waals surface area contributed by atoms with Gasteiger partial charge in [-0.1, -0.05) is 104 Å². The molecule has 0 saturated carbocycles. The topological polar surface area (TPSA) is 107 Å². The smallest absolute Gasteiger partial charge is 0.331 e. The van der Waals surface area contributed by atoms with Crippen molar-refractivity contribution in [3.63, 3.8) is 0 Å². The number of anilines is 1. The number of hydrogen-bond acceptors (Lipinski definition) is 6. The molecule has 3 aliphatic rings. The van der Waals surface area contributed by atoms with Crippen LogP contribution in [0.4, 0.5) is 10.5 Å². The highest BCUT2D eigenvalue weighted by molar-refractivity contribution is 7.92. The largest absolute Gasteiger partial charge is 0.474 e. The highest BCUT2D eigenvalue weighted by atomic mass is 32.2. The van der Waals surface area contributed by atoms with Crippen LogP contribution >= 0.6 is 0 Å². The van der Waals surface area contributed by atoms with E-state index >= 15 is 4.21 Å². The molecular weight excluding hydrogens is 635 g/mol. The van der Waals surface area contributed by atoms with Crippen LogP contribution in [0.3, 0.4) is 0 Å². The molecule has 3 atom stereocenters. The first kappa shape index (κ1) is 31.3. The van der Waals surface area contributed by atoms with Crippen LogP contribution in [0.5, 0.6) is 5.88 Å². The molecule has 10 heteroatoms. The number of amides is 2. The van der Waals surface area contributed by atoms with Crippen molar-refractivity contribution in [3.8, 4) is 5.88 Å². The van der Waals surface area contributed by atoms with Gasteiger partial charge in [0.25, 0.3) is 0 Å². The van der Waals surface area contributed by atoms with Crippen LogP contribution in [0.15, 0.2) is 113 Å². The second-order valence-corrected chi connectivity index (χ2v) is 14.9. The Morgan fingerprint density at radius 2 is 1.59 bits per heavy atom. The Kier molecular flexibility index (Phi) is 8.00. The molecule has 1 aliphatic heterocycles. The number of methoxy groups -OCH3 is 1. The Balaban J connectivity index is 1.34. The highest BCUT2D eigenvalue weighted by Crippen LogP contribution is 2.46. The number of nitrogens with zero attached hydrogens (tertiary/aromatic N) is 3. The molecule has 2 N–H and O–H groups in total. The molecule has 1 unspecified atom stereocenters. The number of aromatic nitrogens is 2. The Labute approximate surface area is 287 Å². The van der Waals surface area contributed by atoms with E-state index in [0.29, 0.717) is 18.3 Å². The lowest BCUT2D eigenvalue weighted by Gasteiger charge is -2.34. The molecule has 8 rings (SSSR count). The van der Waals surface area contributed by atoms with Gasteiger partial charge in [-0.3, -0.25) is 0 Å². The summed E-state index contributed by atoms with van der Waals surface area (Å²) in [6.45, 7) is 2.84. The molecule has 5 aromatic rings. The Morgan fingerprint density at radius 1 is 0.959 bits per heavy atom. The summed E-state index contributed by atoms with van der Waals surface area (Å²) in [4.78, 5) is 14.5. The second-order valence-electron chi connectivity index (χ2n) is 13.1. The van der Waals surface area contributed by atoms with E-state index in [1.807, 2.05) is 91.0 Å². The molecule has 250 valence electrons. The average Bonchev–Trinajstić information content (AvgIpc) is 3.79. The number of fused-ring (bicyclic) bond motifs is 3. The number of hydrogen-bond donors (Lipinski definition) is 2. The fraction of sp³-hybridized carbons (Fsp3) is 0.282. The molecule has 1 aromatic heterocycles. The van der Waals surface area contributed by atoms with Gasteiger partial charge in [-0.2, -0.15) is 9.46 Å². The summed E-state index contributed by atoms with van der Waals surface area (Å²) < 4.78 is 37.6. The molecule has 0 fully saturated rings. The predicted octanol–water partition coefficient (Wildman–Crippen LogP) is 6.99. The molecule has 2 aliphatic carbocycles. The van der Waals surface area contributed by atoms with E-state index in [-0.39, 0.29) is 17.6 Å². The quantitative estimate of drug-likeness (QED) is 0.173. The van der Waals surface area contributed by atoms with Crippen LogP contribution in [0, 0.1) is 0 Å². The summed E-state index contributed by atoms with van der Waals surface area (Å²) in [5.74, 6) is 0.626. The van der Waals surface area contributed by atoms with Crippen molar-refractivity contribution in [3.05, 3.63) is 142 Å². The van der Waals surface area contributed by atoms with Crippen molar-refractivity contribution in [1.82, 2.24) is 14.5 Å². The Hall–Kier alpha value is -4.93. The number of urea groups is 1. The van der Waals surface area contributed by atoms with Crippen LogP contribution in [0.25, 0.3) is 0 Å². The summed E-state index contributed by atoms with van der Waals surface area (Å²) in [7, 11) is -2.21. The van der Waals surface area contributed by atoms with E-state index in [0.717, 1.165) is 48.1 Å². The van der Waals surface area contributed by atoms with E-state index in [1.165, 1.54) is 28.5 Å². The van der Waals surface area contributed by atoms with E-state index in [2.05, 4.69) is 28.1 Å². The van der Waals surface area contributed by atoms with Gasteiger partial charge in [-0.15, -0.1) is 0 Å². The van der Waals surface area contributed by atoms with Crippen molar-refractivity contribution in [1.29, 1.82) is 0 Å². The Morgan fingerprint density at radius 3 is 2.18 bits per heavy atom. The standard InChI is InChI=1S/C39H39N5O4S/c1-26-21-28-22-27-13-12-20-33(27)36(35(26)28)41-38(45)42-49(46,34-23-40-44-24-32(47-2)25-48-37(34)44)43-39(29-14-6-3-7-15-29,30-16-8-4-9-17-30)31-18-10-5-11-19-31/h3-11,14-19,22-23,26,32H,12-13,20-21,24-25H2,1-2H3,(H2,41,42,43,45,46)/t26-,32+,49?/m1/s1. The number of ether oxygens (including phenoxy) is 2. The van der Waals surface area contributed by atoms with Crippen LogP contribution in [-0.4, -0.2) is 39.8 Å². The van der Waals surface area contributed by atoms with Gasteiger partial charge in [0.05, 0.1) is 12.7 Å².